The molecule has 1 atom stereocenters. The van der Waals surface area contributed by atoms with Crippen molar-refractivity contribution in [3.05, 3.63) is 36.5 Å². The van der Waals surface area contributed by atoms with E-state index in [1.165, 1.54) is 38.5 Å². The van der Waals surface area contributed by atoms with Gasteiger partial charge in [-0.15, -0.1) is 0 Å². The van der Waals surface area contributed by atoms with Gasteiger partial charge in [-0.25, -0.2) is 14.4 Å². The van der Waals surface area contributed by atoms with Gasteiger partial charge in [0.05, 0.1) is 33.8 Å². The van der Waals surface area contributed by atoms with Crippen LogP contribution >= 0.6 is 0 Å². The van der Waals surface area contributed by atoms with E-state index in [0.29, 0.717) is 23.3 Å². The largest absolute Gasteiger partial charge is 1.00 e. The summed E-state index contributed by atoms with van der Waals surface area (Å²) in [5.74, 6) is -1.24. The van der Waals surface area contributed by atoms with Crippen molar-refractivity contribution in [3.63, 3.8) is 0 Å². The van der Waals surface area contributed by atoms with Gasteiger partial charge in [-0.05, 0) is 47.0 Å². The Hall–Kier alpha value is -2.12. The molecule has 0 aromatic carbocycles. The average Bonchev–Trinajstić information content (AvgIpc) is 2.76. The minimum atomic E-state index is -0.489. The number of rotatable bonds is 17. The van der Waals surface area contributed by atoms with Crippen molar-refractivity contribution in [2.45, 2.75) is 85.1 Å². The average molecular weight is 532 g/mol. The number of carbonyl (C=O) groups excluding carboxylic acids is 3. The highest BCUT2D eigenvalue weighted by atomic mass is 35.5. The molecule has 36 heavy (non-hydrogen) atoms. The van der Waals surface area contributed by atoms with Crippen molar-refractivity contribution < 1.29 is 45.5 Å². The summed E-state index contributed by atoms with van der Waals surface area (Å²) in [6.07, 6.45) is 10.00. The van der Waals surface area contributed by atoms with Crippen molar-refractivity contribution >= 4 is 17.9 Å². The number of hydrogen-bond donors (Lipinski definition) is 0. The maximum atomic E-state index is 11.2. The Morgan fingerprint density at radius 2 is 0.917 bits per heavy atom. The van der Waals surface area contributed by atoms with E-state index in [2.05, 4.69) is 57.3 Å². The van der Waals surface area contributed by atoms with E-state index in [4.69, 9.17) is 4.74 Å². The van der Waals surface area contributed by atoms with Crippen LogP contribution in [-0.2, 0) is 28.6 Å². The van der Waals surface area contributed by atoms with E-state index >= 15 is 0 Å². The Labute approximate surface area is 225 Å². The summed E-state index contributed by atoms with van der Waals surface area (Å²) in [7, 11) is 6.81. The second-order valence-electron chi connectivity index (χ2n) is 9.98. The normalized spacial score (nSPS) is 11.1. The summed E-state index contributed by atoms with van der Waals surface area (Å²) < 4.78 is 15.5. The zero-order valence-electron chi connectivity index (χ0n) is 23.8. The fourth-order valence-corrected chi connectivity index (χ4v) is 2.62. The van der Waals surface area contributed by atoms with Gasteiger partial charge in [0.15, 0.2) is 0 Å². The highest BCUT2D eigenvalue weighted by Crippen LogP contribution is 2.14. The lowest BCUT2D eigenvalue weighted by Gasteiger charge is -2.31. The molecule has 0 radical (unpaired) electrons. The third-order valence-electron chi connectivity index (χ3n) is 5.42. The third-order valence-corrected chi connectivity index (χ3v) is 5.42. The van der Waals surface area contributed by atoms with Gasteiger partial charge in [-0.2, -0.15) is 0 Å². The van der Waals surface area contributed by atoms with Crippen LogP contribution in [0.3, 0.4) is 0 Å². The fraction of sp³-hybridized carbons (Fsp3) is 0.679. The molecule has 7 nitrogen and oxygen atoms in total. The SMILES string of the molecule is C=C(C)C(=O)OCCCCCCCCCC(C)[N+](C)(C)C.C=C(C)C(=O)OCCOC(=O)C(=C)C.[Cl-]. The molecule has 1 unspecified atom stereocenters. The monoisotopic (exact) mass is 531 g/mol. The van der Waals surface area contributed by atoms with Gasteiger partial charge in [0.2, 0.25) is 0 Å². The molecular weight excluding hydrogens is 482 g/mol. The second kappa shape index (κ2) is 22.1. The van der Waals surface area contributed by atoms with E-state index < -0.39 is 11.9 Å². The molecule has 0 amide bonds. The maximum absolute atomic E-state index is 11.2. The first-order valence-electron chi connectivity index (χ1n) is 12.5. The van der Waals surface area contributed by atoms with Crippen LogP contribution in [0, 0.1) is 0 Å². The summed E-state index contributed by atoms with van der Waals surface area (Å²) in [4.78, 5) is 32.8. The first kappa shape index (κ1) is 38.4. The minimum absolute atomic E-state index is 0. The Balaban J connectivity index is -0.000000635. The highest BCUT2D eigenvalue weighted by molar-refractivity contribution is 5.87. The standard InChI is InChI=1S/C18H36NO2.C10H14O4.ClH/c1-16(2)18(20)21-15-13-11-9-7-8-10-12-14-17(3)19(4,5)6;1-7(2)9(11)13-5-6-14-10(12)8(3)4;/h17H,1,7-15H2,2-6H3;1,3,5-6H2,2,4H3;1H/q+1;;/p-1. The zero-order chi connectivity index (χ0) is 27.4. The van der Waals surface area contributed by atoms with Gasteiger partial charge in [-0.1, -0.05) is 51.8 Å². The van der Waals surface area contributed by atoms with Crippen molar-refractivity contribution in [1.82, 2.24) is 0 Å². The summed E-state index contributed by atoms with van der Waals surface area (Å²) in [5, 5.41) is 0. The Kier molecular flexibility index (Phi) is 23.6. The number of quaternary nitrogens is 1. The molecular formula is C28H50ClNO6. The zero-order valence-corrected chi connectivity index (χ0v) is 24.5. The van der Waals surface area contributed by atoms with Crippen molar-refractivity contribution in [2.24, 2.45) is 0 Å². The van der Waals surface area contributed by atoms with Crippen LogP contribution in [0.4, 0.5) is 0 Å². The van der Waals surface area contributed by atoms with Crippen LogP contribution in [0.25, 0.3) is 0 Å². The molecule has 0 rings (SSSR count). The molecule has 0 saturated carbocycles. The molecule has 0 heterocycles. The van der Waals surface area contributed by atoms with Gasteiger partial charge in [0.25, 0.3) is 0 Å². The van der Waals surface area contributed by atoms with E-state index in [9.17, 15) is 14.4 Å². The van der Waals surface area contributed by atoms with Gasteiger partial charge < -0.3 is 31.1 Å². The van der Waals surface area contributed by atoms with Crippen LogP contribution in [0.1, 0.15) is 79.1 Å². The van der Waals surface area contributed by atoms with Gasteiger partial charge >= 0.3 is 17.9 Å². The first-order chi connectivity index (χ1) is 16.2. The number of carbonyl (C=O) groups is 3. The summed E-state index contributed by atoms with van der Waals surface area (Å²) >= 11 is 0. The summed E-state index contributed by atoms with van der Waals surface area (Å²) in [5.41, 5.74) is 1.12. The number of hydrogen-bond acceptors (Lipinski definition) is 6. The lowest BCUT2D eigenvalue weighted by Crippen LogP contribution is -3.00. The second-order valence-corrected chi connectivity index (χ2v) is 9.98. The lowest BCUT2D eigenvalue weighted by atomic mass is 10.0. The maximum Gasteiger partial charge on any atom is 0.333 e. The van der Waals surface area contributed by atoms with Crippen LogP contribution in [0.5, 0.6) is 0 Å². The molecule has 0 bridgehead atoms. The van der Waals surface area contributed by atoms with E-state index in [0.717, 1.165) is 23.4 Å². The topological polar surface area (TPSA) is 78.9 Å². The van der Waals surface area contributed by atoms with Crippen LogP contribution < -0.4 is 12.4 Å². The Morgan fingerprint density at radius 1 is 0.611 bits per heavy atom. The highest BCUT2D eigenvalue weighted by Gasteiger charge is 2.16. The van der Waals surface area contributed by atoms with Crippen molar-refractivity contribution in [3.8, 4) is 0 Å². The molecule has 0 aromatic rings. The van der Waals surface area contributed by atoms with E-state index in [1.807, 2.05) is 0 Å². The molecule has 0 spiro atoms. The minimum Gasteiger partial charge on any atom is -1.00 e. The molecule has 0 saturated heterocycles. The number of halogens is 1. The van der Waals surface area contributed by atoms with Gasteiger partial charge in [0.1, 0.15) is 13.2 Å². The predicted molar refractivity (Wildman–Crippen MR) is 142 cm³/mol. The third kappa shape index (κ3) is 23.6. The molecule has 210 valence electrons. The molecule has 0 aliphatic rings. The molecule has 0 aliphatic heterocycles. The fourth-order valence-electron chi connectivity index (χ4n) is 2.62. The van der Waals surface area contributed by atoms with Crippen molar-refractivity contribution in [2.75, 3.05) is 41.0 Å². The van der Waals surface area contributed by atoms with E-state index in [1.54, 1.807) is 20.8 Å². The smallest absolute Gasteiger partial charge is 0.333 e. The molecule has 0 N–H and O–H groups in total. The number of esters is 3. The quantitative estimate of drug-likeness (QED) is 0.0943. The van der Waals surface area contributed by atoms with Crippen LogP contribution in [-0.4, -0.2) is 69.4 Å². The first-order valence-corrected chi connectivity index (χ1v) is 12.5. The Morgan fingerprint density at radius 3 is 1.25 bits per heavy atom. The number of unbranched alkanes of at least 4 members (excludes halogenated alkanes) is 6. The Bertz CT molecular complexity index is 669. The van der Waals surface area contributed by atoms with Gasteiger partial charge in [-0.3, -0.25) is 0 Å². The molecule has 0 fully saturated rings. The van der Waals surface area contributed by atoms with Crippen LogP contribution in [0.2, 0.25) is 0 Å². The molecule has 8 heteroatoms. The number of ether oxygens (including phenoxy) is 3. The van der Waals surface area contributed by atoms with Crippen molar-refractivity contribution in [1.29, 1.82) is 0 Å². The van der Waals surface area contributed by atoms with Gasteiger partial charge in [0, 0.05) is 16.7 Å². The molecule has 0 aliphatic carbocycles. The molecule has 0 aromatic heterocycles. The predicted octanol–water partition coefficient (Wildman–Crippen LogP) is 2.55. The summed E-state index contributed by atoms with van der Waals surface area (Å²) in [6, 6.07) is 0.744. The lowest BCUT2D eigenvalue weighted by molar-refractivity contribution is -0.894. The summed E-state index contributed by atoms with van der Waals surface area (Å²) in [6.45, 7) is 18.1. The van der Waals surface area contributed by atoms with E-state index in [-0.39, 0.29) is 31.6 Å². The number of nitrogens with zero attached hydrogens (tertiary/aromatic N) is 1. The van der Waals surface area contributed by atoms with Crippen LogP contribution in [0.15, 0.2) is 36.5 Å².